The summed E-state index contributed by atoms with van der Waals surface area (Å²) in [7, 11) is 0. The minimum absolute atomic E-state index is 0.830. The molecule has 2 heterocycles. The molecule has 4 rings (SSSR count). The highest BCUT2D eigenvalue weighted by molar-refractivity contribution is 5.82. The van der Waals surface area contributed by atoms with Crippen LogP contribution in [0.25, 0.3) is 22.3 Å². The van der Waals surface area contributed by atoms with E-state index in [9.17, 15) is 0 Å². The van der Waals surface area contributed by atoms with E-state index in [0.717, 1.165) is 29.1 Å². The number of hydrogen-bond acceptors (Lipinski definition) is 3. The minimum atomic E-state index is 0.830. The molecule has 0 atom stereocenters. The smallest absolute Gasteiger partial charge is 0.160 e. The Morgan fingerprint density at radius 3 is 2.35 bits per heavy atom. The van der Waals surface area contributed by atoms with Crippen molar-refractivity contribution >= 4 is 10.9 Å². The quantitative estimate of drug-likeness (QED) is 0.723. The first-order valence-corrected chi connectivity index (χ1v) is 8.43. The van der Waals surface area contributed by atoms with Gasteiger partial charge in [0.2, 0.25) is 0 Å². The fourth-order valence-electron chi connectivity index (χ4n) is 3.31. The molecule has 1 saturated heterocycles. The van der Waals surface area contributed by atoms with Gasteiger partial charge in [0.15, 0.2) is 5.82 Å². The van der Waals surface area contributed by atoms with Gasteiger partial charge in [-0.1, -0.05) is 55.0 Å². The molecular weight excluding hydrogens is 282 g/mol. The Morgan fingerprint density at radius 1 is 0.783 bits per heavy atom. The average Bonchev–Trinajstić information content (AvgIpc) is 2.63. The lowest BCUT2D eigenvalue weighted by Crippen LogP contribution is -2.29. The molecule has 0 saturated carbocycles. The minimum Gasteiger partial charge on any atom is -0.297 e. The second-order valence-corrected chi connectivity index (χ2v) is 6.21. The molecule has 0 radical (unpaired) electrons. The van der Waals surface area contributed by atoms with Crippen LogP contribution in [0, 0.1) is 0 Å². The fraction of sp³-hybridized carbons (Fsp3) is 0.300. The number of fused-ring (bicyclic) bond motifs is 1. The lowest BCUT2D eigenvalue weighted by Gasteiger charge is -2.26. The summed E-state index contributed by atoms with van der Waals surface area (Å²) in [6.07, 6.45) is 3.96. The van der Waals surface area contributed by atoms with Crippen molar-refractivity contribution in [2.75, 3.05) is 13.1 Å². The number of benzene rings is 2. The summed E-state index contributed by atoms with van der Waals surface area (Å²) in [6.45, 7) is 3.28. The maximum atomic E-state index is 4.91. The maximum Gasteiger partial charge on any atom is 0.160 e. The Hall–Kier alpha value is -2.26. The first-order valence-electron chi connectivity index (χ1n) is 8.43. The summed E-state index contributed by atoms with van der Waals surface area (Å²) < 4.78 is 0. The zero-order valence-corrected chi connectivity index (χ0v) is 13.3. The highest BCUT2D eigenvalue weighted by Crippen LogP contribution is 2.23. The lowest BCUT2D eigenvalue weighted by atomic mass is 10.1. The van der Waals surface area contributed by atoms with Crippen molar-refractivity contribution in [3.05, 3.63) is 60.3 Å². The number of rotatable bonds is 3. The van der Waals surface area contributed by atoms with Gasteiger partial charge in [-0.2, -0.15) is 0 Å². The van der Waals surface area contributed by atoms with Crippen LogP contribution in [0.3, 0.4) is 0 Å². The molecule has 0 amide bonds. The predicted molar refractivity (Wildman–Crippen MR) is 94.1 cm³/mol. The number of nitrogens with zero attached hydrogens (tertiary/aromatic N) is 3. The molecule has 3 heteroatoms. The van der Waals surface area contributed by atoms with Crippen molar-refractivity contribution in [2.24, 2.45) is 0 Å². The Kier molecular flexibility index (Phi) is 4.03. The van der Waals surface area contributed by atoms with Gasteiger partial charge in [-0.25, -0.2) is 9.97 Å². The summed E-state index contributed by atoms with van der Waals surface area (Å²) >= 11 is 0. The number of piperidine rings is 1. The SMILES string of the molecule is c1ccc(-c2nc(CN3CCCCC3)c3ccccc3n2)cc1. The Morgan fingerprint density at radius 2 is 1.52 bits per heavy atom. The van der Waals surface area contributed by atoms with Gasteiger partial charge in [-0.3, -0.25) is 4.90 Å². The van der Waals surface area contributed by atoms with Crippen LogP contribution in [0.15, 0.2) is 54.6 Å². The summed E-state index contributed by atoms with van der Waals surface area (Å²) in [6, 6.07) is 18.6. The molecule has 3 nitrogen and oxygen atoms in total. The van der Waals surface area contributed by atoms with E-state index in [1.165, 1.54) is 37.7 Å². The van der Waals surface area contributed by atoms with Gasteiger partial charge in [0.25, 0.3) is 0 Å². The average molecular weight is 303 g/mol. The highest BCUT2D eigenvalue weighted by Gasteiger charge is 2.15. The molecule has 0 aliphatic carbocycles. The van der Waals surface area contributed by atoms with Gasteiger partial charge in [0, 0.05) is 17.5 Å². The van der Waals surface area contributed by atoms with E-state index in [1.54, 1.807) is 0 Å². The van der Waals surface area contributed by atoms with Crippen molar-refractivity contribution in [2.45, 2.75) is 25.8 Å². The first kappa shape index (κ1) is 14.3. The molecule has 1 aliphatic rings. The van der Waals surface area contributed by atoms with Gasteiger partial charge < -0.3 is 0 Å². The second-order valence-electron chi connectivity index (χ2n) is 6.21. The molecule has 2 aromatic carbocycles. The molecule has 1 aliphatic heterocycles. The van der Waals surface area contributed by atoms with Gasteiger partial charge in [0.1, 0.15) is 0 Å². The summed E-state index contributed by atoms with van der Waals surface area (Å²) in [4.78, 5) is 12.2. The molecule has 0 unspecified atom stereocenters. The molecule has 23 heavy (non-hydrogen) atoms. The normalized spacial score (nSPS) is 15.8. The van der Waals surface area contributed by atoms with E-state index in [2.05, 4.69) is 41.3 Å². The van der Waals surface area contributed by atoms with E-state index < -0.39 is 0 Å². The van der Waals surface area contributed by atoms with Gasteiger partial charge in [-0.15, -0.1) is 0 Å². The summed E-state index contributed by atoms with van der Waals surface area (Å²) in [5.74, 6) is 0.830. The van der Waals surface area contributed by atoms with Crippen LogP contribution >= 0.6 is 0 Å². The topological polar surface area (TPSA) is 29.0 Å². The number of hydrogen-bond donors (Lipinski definition) is 0. The third kappa shape index (κ3) is 3.10. The standard InChI is InChI=1S/C20H21N3/c1-3-9-16(10-4-1)20-21-18-12-6-5-11-17(18)19(22-20)15-23-13-7-2-8-14-23/h1,3-6,9-12H,2,7-8,13-15H2. The zero-order valence-electron chi connectivity index (χ0n) is 13.3. The van der Waals surface area contributed by atoms with Crippen LogP contribution in [0.1, 0.15) is 25.0 Å². The third-order valence-electron chi connectivity index (χ3n) is 4.54. The van der Waals surface area contributed by atoms with Crippen LogP contribution in [0.2, 0.25) is 0 Å². The Bertz CT molecular complexity index is 792. The first-order chi connectivity index (χ1) is 11.4. The summed E-state index contributed by atoms with van der Waals surface area (Å²) in [5.41, 5.74) is 3.27. The molecule has 1 fully saturated rings. The molecule has 116 valence electrons. The number of likely N-dealkylation sites (tertiary alicyclic amines) is 1. The second kappa shape index (κ2) is 6.47. The van der Waals surface area contributed by atoms with Gasteiger partial charge in [-0.05, 0) is 32.0 Å². The van der Waals surface area contributed by atoms with E-state index >= 15 is 0 Å². The monoisotopic (exact) mass is 303 g/mol. The van der Waals surface area contributed by atoms with E-state index in [0.29, 0.717) is 0 Å². The van der Waals surface area contributed by atoms with Crippen LogP contribution in [-0.2, 0) is 6.54 Å². The van der Waals surface area contributed by atoms with Crippen molar-refractivity contribution in [3.8, 4) is 11.4 Å². The number of para-hydroxylation sites is 1. The van der Waals surface area contributed by atoms with Gasteiger partial charge >= 0.3 is 0 Å². The van der Waals surface area contributed by atoms with Crippen LogP contribution in [0.4, 0.5) is 0 Å². The van der Waals surface area contributed by atoms with Crippen LogP contribution < -0.4 is 0 Å². The molecule has 0 bridgehead atoms. The van der Waals surface area contributed by atoms with Crippen molar-refractivity contribution in [1.29, 1.82) is 0 Å². The van der Waals surface area contributed by atoms with E-state index in [1.807, 2.05) is 18.2 Å². The highest BCUT2D eigenvalue weighted by atomic mass is 15.1. The molecule has 0 N–H and O–H groups in total. The number of aromatic nitrogens is 2. The Labute approximate surface area is 137 Å². The Balaban J connectivity index is 1.77. The predicted octanol–water partition coefficient (Wildman–Crippen LogP) is 4.28. The van der Waals surface area contributed by atoms with Crippen LogP contribution in [0.5, 0.6) is 0 Å². The lowest BCUT2D eigenvalue weighted by molar-refractivity contribution is 0.219. The fourth-order valence-corrected chi connectivity index (χ4v) is 3.31. The molecule has 0 spiro atoms. The van der Waals surface area contributed by atoms with Crippen LogP contribution in [-0.4, -0.2) is 28.0 Å². The molecule has 1 aromatic heterocycles. The van der Waals surface area contributed by atoms with Crippen molar-refractivity contribution < 1.29 is 0 Å². The molecule has 3 aromatic rings. The van der Waals surface area contributed by atoms with E-state index in [-0.39, 0.29) is 0 Å². The zero-order chi connectivity index (χ0) is 15.5. The molecular formula is C20H21N3. The van der Waals surface area contributed by atoms with E-state index in [4.69, 9.17) is 9.97 Å². The summed E-state index contributed by atoms with van der Waals surface area (Å²) in [5, 5.41) is 1.18. The van der Waals surface area contributed by atoms with Crippen molar-refractivity contribution in [3.63, 3.8) is 0 Å². The van der Waals surface area contributed by atoms with Crippen molar-refractivity contribution in [1.82, 2.24) is 14.9 Å². The van der Waals surface area contributed by atoms with Gasteiger partial charge in [0.05, 0.1) is 11.2 Å². The largest absolute Gasteiger partial charge is 0.297 e. The third-order valence-corrected chi connectivity index (χ3v) is 4.54. The maximum absolute atomic E-state index is 4.91.